The number of H-pyrrole nitrogens is 1. The molecule has 0 atom stereocenters. The first-order chi connectivity index (χ1) is 11.2. The highest BCUT2D eigenvalue weighted by molar-refractivity contribution is 5.80. The molecule has 1 aromatic heterocycles. The minimum absolute atomic E-state index is 0.153. The van der Waals surface area contributed by atoms with Crippen LogP contribution in [-0.4, -0.2) is 34.7 Å². The Hall–Kier alpha value is -2.17. The molecule has 2 aromatic carbocycles. The molecule has 0 saturated carbocycles. The van der Waals surface area contributed by atoms with Gasteiger partial charge in [-0.2, -0.15) is 0 Å². The fourth-order valence-electron chi connectivity index (χ4n) is 3.57. The summed E-state index contributed by atoms with van der Waals surface area (Å²) in [7, 11) is 0. The van der Waals surface area contributed by atoms with Gasteiger partial charge in [0, 0.05) is 36.3 Å². The van der Waals surface area contributed by atoms with E-state index in [-0.39, 0.29) is 17.8 Å². The summed E-state index contributed by atoms with van der Waals surface area (Å²) in [4.78, 5) is 5.57. The number of hydrogen-bond donors (Lipinski definition) is 2. The molecule has 23 heavy (non-hydrogen) atoms. The number of aromatic nitrogens is 1. The number of halogens is 1. The van der Waals surface area contributed by atoms with Crippen molar-refractivity contribution < 1.29 is 9.50 Å². The van der Waals surface area contributed by atoms with E-state index in [4.69, 9.17) is 0 Å². The van der Waals surface area contributed by atoms with Gasteiger partial charge < -0.3 is 10.1 Å². The largest absolute Gasteiger partial charge is 0.395 e. The van der Waals surface area contributed by atoms with Crippen molar-refractivity contribution >= 4 is 10.9 Å². The van der Waals surface area contributed by atoms with Gasteiger partial charge in [-0.25, -0.2) is 4.39 Å². The van der Waals surface area contributed by atoms with Gasteiger partial charge in [0.1, 0.15) is 5.82 Å². The number of fused-ring (bicyclic) bond motifs is 1. The Morgan fingerprint density at radius 1 is 1.09 bits per heavy atom. The van der Waals surface area contributed by atoms with Crippen LogP contribution in [0.15, 0.2) is 54.6 Å². The molecule has 2 N–H and O–H groups in total. The van der Waals surface area contributed by atoms with Crippen molar-refractivity contribution in [3.63, 3.8) is 0 Å². The topological polar surface area (TPSA) is 39.3 Å². The smallest absolute Gasteiger partial charge is 0.125 e. The third-order valence-corrected chi connectivity index (χ3v) is 4.78. The van der Waals surface area contributed by atoms with E-state index in [2.05, 4.69) is 28.1 Å². The Labute approximate surface area is 134 Å². The Kier molecular flexibility index (Phi) is 3.43. The highest BCUT2D eigenvalue weighted by atomic mass is 19.1. The second-order valence-corrected chi connectivity index (χ2v) is 6.48. The average Bonchev–Trinajstić information content (AvgIpc) is 2.93. The minimum Gasteiger partial charge on any atom is -0.395 e. The van der Waals surface area contributed by atoms with Crippen molar-refractivity contribution in [1.82, 2.24) is 9.88 Å². The van der Waals surface area contributed by atoms with Crippen molar-refractivity contribution in [2.75, 3.05) is 19.7 Å². The maximum absolute atomic E-state index is 13.3. The van der Waals surface area contributed by atoms with Crippen molar-refractivity contribution in [2.45, 2.75) is 12.0 Å². The van der Waals surface area contributed by atoms with Gasteiger partial charge in [-0.05, 0) is 35.2 Å². The van der Waals surface area contributed by atoms with E-state index in [1.54, 1.807) is 6.07 Å². The van der Waals surface area contributed by atoms with Crippen LogP contribution >= 0.6 is 0 Å². The standard InChI is InChI=1S/C19H19FN2O/c20-16-7-6-14-8-17(21-18(14)9-16)10-22-11-19(12-22,13-23)15-4-2-1-3-5-15/h1-9,21,23H,10-13H2. The number of nitrogens with zero attached hydrogens (tertiary/aromatic N) is 1. The maximum atomic E-state index is 13.3. The molecular formula is C19H19FN2O. The zero-order chi connectivity index (χ0) is 15.9. The van der Waals surface area contributed by atoms with Gasteiger partial charge in [-0.3, -0.25) is 4.90 Å². The van der Waals surface area contributed by atoms with E-state index >= 15 is 0 Å². The third-order valence-electron chi connectivity index (χ3n) is 4.78. The van der Waals surface area contributed by atoms with Gasteiger partial charge in [0.05, 0.1) is 6.61 Å². The molecule has 0 bridgehead atoms. The lowest BCUT2D eigenvalue weighted by Gasteiger charge is -2.49. The highest BCUT2D eigenvalue weighted by Gasteiger charge is 2.43. The normalized spacial score (nSPS) is 17.3. The molecule has 4 rings (SSSR count). The number of benzene rings is 2. The minimum atomic E-state index is -0.224. The lowest BCUT2D eigenvalue weighted by molar-refractivity contribution is 0.0133. The van der Waals surface area contributed by atoms with Crippen molar-refractivity contribution in [1.29, 1.82) is 0 Å². The molecule has 2 heterocycles. The Bertz CT molecular complexity index is 822. The van der Waals surface area contributed by atoms with Crippen LogP contribution in [0.25, 0.3) is 10.9 Å². The average molecular weight is 310 g/mol. The Morgan fingerprint density at radius 3 is 2.61 bits per heavy atom. The van der Waals surface area contributed by atoms with Crippen LogP contribution in [0.1, 0.15) is 11.3 Å². The van der Waals surface area contributed by atoms with Crippen molar-refractivity contribution in [3.05, 3.63) is 71.7 Å². The number of aromatic amines is 1. The zero-order valence-corrected chi connectivity index (χ0v) is 12.8. The molecule has 118 valence electrons. The van der Waals surface area contributed by atoms with Gasteiger partial charge in [0.15, 0.2) is 0 Å². The van der Waals surface area contributed by atoms with Crippen LogP contribution in [0.3, 0.4) is 0 Å². The summed E-state index contributed by atoms with van der Waals surface area (Å²) in [5.74, 6) is -0.224. The van der Waals surface area contributed by atoms with Gasteiger partial charge in [-0.1, -0.05) is 30.3 Å². The second kappa shape index (κ2) is 5.48. The van der Waals surface area contributed by atoms with Crippen LogP contribution in [0, 0.1) is 5.82 Å². The maximum Gasteiger partial charge on any atom is 0.125 e. The number of aliphatic hydroxyl groups is 1. The van der Waals surface area contributed by atoms with Gasteiger partial charge in [0.25, 0.3) is 0 Å². The highest BCUT2D eigenvalue weighted by Crippen LogP contribution is 2.35. The molecule has 0 unspecified atom stereocenters. The van der Waals surface area contributed by atoms with Gasteiger partial charge >= 0.3 is 0 Å². The molecule has 1 saturated heterocycles. The number of likely N-dealkylation sites (tertiary alicyclic amines) is 1. The molecule has 1 aliphatic rings. The summed E-state index contributed by atoms with van der Waals surface area (Å²) in [6.07, 6.45) is 0. The van der Waals surface area contributed by atoms with Crippen molar-refractivity contribution in [2.24, 2.45) is 0 Å². The SMILES string of the molecule is OCC1(c2ccccc2)CN(Cc2cc3ccc(F)cc3[nH]2)C1. The fourth-order valence-corrected chi connectivity index (χ4v) is 3.57. The van der Waals surface area contributed by atoms with E-state index in [1.807, 2.05) is 18.2 Å². The zero-order valence-electron chi connectivity index (χ0n) is 12.8. The molecule has 3 aromatic rings. The summed E-state index contributed by atoms with van der Waals surface area (Å²) < 4.78 is 13.3. The van der Waals surface area contributed by atoms with E-state index in [1.165, 1.54) is 17.7 Å². The summed E-state index contributed by atoms with van der Waals surface area (Å²) in [5.41, 5.74) is 2.94. The van der Waals surface area contributed by atoms with E-state index in [9.17, 15) is 9.50 Å². The number of nitrogens with one attached hydrogen (secondary N) is 1. The predicted octanol–water partition coefficient (Wildman–Crippen LogP) is 3.05. The third kappa shape index (κ3) is 2.54. The molecule has 1 fully saturated rings. The number of aliphatic hydroxyl groups excluding tert-OH is 1. The van der Waals surface area contributed by atoms with Crippen LogP contribution in [0.4, 0.5) is 4.39 Å². The monoisotopic (exact) mass is 310 g/mol. The molecule has 1 aliphatic heterocycles. The summed E-state index contributed by atoms with van der Waals surface area (Å²) in [6.45, 7) is 2.60. The molecule has 0 aliphatic carbocycles. The second-order valence-electron chi connectivity index (χ2n) is 6.48. The number of rotatable bonds is 4. The van der Waals surface area contributed by atoms with Crippen molar-refractivity contribution in [3.8, 4) is 0 Å². The van der Waals surface area contributed by atoms with Crippen LogP contribution in [0.5, 0.6) is 0 Å². The van der Waals surface area contributed by atoms with E-state index in [0.717, 1.165) is 36.2 Å². The first-order valence-corrected chi connectivity index (χ1v) is 7.84. The molecule has 0 spiro atoms. The van der Waals surface area contributed by atoms with Gasteiger partial charge in [-0.15, -0.1) is 0 Å². The first-order valence-electron chi connectivity index (χ1n) is 7.84. The first kappa shape index (κ1) is 14.4. The quantitative estimate of drug-likeness (QED) is 0.777. The van der Waals surface area contributed by atoms with E-state index < -0.39 is 0 Å². The lowest BCUT2D eigenvalue weighted by atomic mass is 9.74. The summed E-state index contributed by atoms with van der Waals surface area (Å²) in [5, 5.41) is 10.9. The molecule has 3 nitrogen and oxygen atoms in total. The van der Waals surface area contributed by atoms with Gasteiger partial charge in [0.2, 0.25) is 0 Å². The van der Waals surface area contributed by atoms with E-state index in [0.29, 0.717) is 0 Å². The molecule has 4 heteroatoms. The molecular weight excluding hydrogens is 291 g/mol. The predicted molar refractivity (Wildman–Crippen MR) is 88.7 cm³/mol. The Balaban J connectivity index is 1.49. The lowest BCUT2D eigenvalue weighted by Crippen LogP contribution is -2.60. The number of hydrogen-bond acceptors (Lipinski definition) is 2. The Morgan fingerprint density at radius 2 is 1.87 bits per heavy atom. The molecule has 0 radical (unpaired) electrons. The van der Waals surface area contributed by atoms with Crippen LogP contribution in [-0.2, 0) is 12.0 Å². The summed E-state index contributed by atoms with van der Waals surface area (Å²) in [6, 6.07) is 17.1. The van der Waals surface area contributed by atoms with Crippen LogP contribution in [0.2, 0.25) is 0 Å². The molecule has 0 amide bonds. The fraction of sp³-hybridized carbons (Fsp3) is 0.263. The summed E-state index contributed by atoms with van der Waals surface area (Å²) >= 11 is 0. The van der Waals surface area contributed by atoms with Crippen LogP contribution < -0.4 is 0 Å².